The topological polar surface area (TPSA) is 96.5 Å². The second-order valence-electron chi connectivity index (χ2n) is 6.51. The van der Waals surface area contributed by atoms with Crippen molar-refractivity contribution in [1.82, 2.24) is 10.6 Å². The van der Waals surface area contributed by atoms with Gasteiger partial charge in [-0.25, -0.2) is 0 Å². The molecule has 0 bridgehead atoms. The molecule has 0 aromatic heterocycles. The summed E-state index contributed by atoms with van der Waals surface area (Å²) in [5, 5.41) is 8.27. The Hall–Kier alpha value is -3.35. The maximum Gasteiger partial charge on any atom is 0.254 e. The van der Waals surface area contributed by atoms with Crippen molar-refractivity contribution in [1.29, 1.82) is 0 Å². The van der Waals surface area contributed by atoms with E-state index in [0.717, 1.165) is 11.3 Å². The zero-order chi connectivity index (χ0) is 19.9. The number of hydrogen-bond donors (Lipinski definition) is 3. The molecule has 2 aromatic rings. The molecule has 7 heteroatoms. The fourth-order valence-electron chi connectivity index (χ4n) is 3.12. The normalized spacial score (nSPS) is 15.7. The third kappa shape index (κ3) is 4.68. The number of methoxy groups -OCH3 is 1. The standard InChI is InChI=1S/C21H23N3O4/c1-28-18-9-5-2-6-14(18)12-13-22-19(25)11-10-17-21(27)23-16-8-4-3-7-15(16)20(26)24-17/h2-9,17H,10-13H2,1H3,(H,22,25)(H,23,27)(H,24,26)/t17-/m0/s1. The summed E-state index contributed by atoms with van der Waals surface area (Å²) >= 11 is 0. The molecular weight excluding hydrogens is 358 g/mol. The van der Waals surface area contributed by atoms with Gasteiger partial charge in [0.15, 0.2) is 0 Å². The Morgan fingerprint density at radius 2 is 1.86 bits per heavy atom. The molecule has 0 saturated heterocycles. The van der Waals surface area contributed by atoms with Crippen molar-refractivity contribution in [2.24, 2.45) is 0 Å². The van der Waals surface area contributed by atoms with Crippen LogP contribution in [0.4, 0.5) is 5.69 Å². The molecule has 3 amide bonds. The predicted molar refractivity (Wildman–Crippen MR) is 105 cm³/mol. The zero-order valence-electron chi connectivity index (χ0n) is 15.7. The number of para-hydroxylation sites is 2. The highest BCUT2D eigenvalue weighted by Gasteiger charge is 2.27. The highest BCUT2D eigenvalue weighted by atomic mass is 16.5. The van der Waals surface area contributed by atoms with Crippen LogP contribution in [0.3, 0.4) is 0 Å². The van der Waals surface area contributed by atoms with Gasteiger partial charge >= 0.3 is 0 Å². The Morgan fingerprint density at radius 3 is 2.68 bits per heavy atom. The zero-order valence-corrected chi connectivity index (χ0v) is 15.7. The van der Waals surface area contributed by atoms with Crippen LogP contribution in [0.25, 0.3) is 0 Å². The lowest BCUT2D eigenvalue weighted by atomic mass is 10.1. The van der Waals surface area contributed by atoms with Crippen LogP contribution in [0, 0.1) is 0 Å². The summed E-state index contributed by atoms with van der Waals surface area (Å²) < 4.78 is 5.29. The van der Waals surface area contributed by atoms with E-state index in [4.69, 9.17) is 4.74 Å². The summed E-state index contributed by atoms with van der Waals surface area (Å²) in [5.74, 6) is -0.0245. The van der Waals surface area contributed by atoms with Gasteiger partial charge in [-0.1, -0.05) is 30.3 Å². The van der Waals surface area contributed by atoms with Crippen molar-refractivity contribution < 1.29 is 19.1 Å². The smallest absolute Gasteiger partial charge is 0.254 e. The minimum Gasteiger partial charge on any atom is -0.496 e. The van der Waals surface area contributed by atoms with Crippen LogP contribution in [-0.4, -0.2) is 37.4 Å². The second-order valence-corrected chi connectivity index (χ2v) is 6.51. The average Bonchev–Trinajstić information content (AvgIpc) is 2.83. The number of fused-ring (bicyclic) bond motifs is 1. The lowest BCUT2D eigenvalue weighted by Crippen LogP contribution is -2.42. The van der Waals surface area contributed by atoms with Crippen molar-refractivity contribution in [2.45, 2.75) is 25.3 Å². The predicted octanol–water partition coefficient (Wildman–Crippen LogP) is 1.88. The molecule has 28 heavy (non-hydrogen) atoms. The van der Waals surface area contributed by atoms with Gasteiger partial charge < -0.3 is 20.7 Å². The molecule has 146 valence electrons. The number of amides is 3. The van der Waals surface area contributed by atoms with Crippen molar-refractivity contribution >= 4 is 23.4 Å². The van der Waals surface area contributed by atoms with Gasteiger partial charge in [0.25, 0.3) is 5.91 Å². The quantitative estimate of drug-likeness (QED) is 0.682. The minimum absolute atomic E-state index is 0.140. The van der Waals surface area contributed by atoms with Crippen LogP contribution < -0.4 is 20.7 Å². The van der Waals surface area contributed by atoms with Gasteiger partial charge in [0, 0.05) is 13.0 Å². The molecule has 0 fully saturated rings. The summed E-state index contributed by atoms with van der Waals surface area (Å²) in [6, 6.07) is 13.7. The fourth-order valence-corrected chi connectivity index (χ4v) is 3.12. The summed E-state index contributed by atoms with van der Waals surface area (Å²) in [6.07, 6.45) is 1.01. The van der Waals surface area contributed by atoms with E-state index in [1.54, 1.807) is 31.4 Å². The lowest BCUT2D eigenvalue weighted by Gasteiger charge is -2.14. The van der Waals surface area contributed by atoms with E-state index < -0.39 is 6.04 Å². The third-order valence-electron chi connectivity index (χ3n) is 4.62. The number of carbonyl (C=O) groups is 3. The Labute approximate surface area is 163 Å². The van der Waals surface area contributed by atoms with Crippen molar-refractivity contribution in [3.63, 3.8) is 0 Å². The monoisotopic (exact) mass is 381 g/mol. The molecule has 0 unspecified atom stereocenters. The Kier molecular flexibility index (Phi) is 6.26. The molecule has 1 aliphatic heterocycles. The van der Waals surface area contributed by atoms with Crippen LogP contribution in [-0.2, 0) is 16.0 Å². The van der Waals surface area contributed by atoms with Crippen LogP contribution in [0.15, 0.2) is 48.5 Å². The Bertz CT molecular complexity index is 881. The van der Waals surface area contributed by atoms with Gasteiger partial charge in [-0.2, -0.15) is 0 Å². The maximum absolute atomic E-state index is 12.3. The molecule has 3 N–H and O–H groups in total. The summed E-state index contributed by atoms with van der Waals surface area (Å²) in [5.41, 5.74) is 1.91. The molecule has 1 atom stereocenters. The number of nitrogens with one attached hydrogen (secondary N) is 3. The fraction of sp³-hybridized carbons (Fsp3) is 0.286. The largest absolute Gasteiger partial charge is 0.496 e. The van der Waals surface area contributed by atoms with Gasteiger partial charge in [-0.05, 0) is 36.6 Å². The van der Waals surface area contributed by atoms with Gasteiger partial charge in [-0.15, -0.1) is 0 Å². The van der Waals surface area contributed by atoms with Crippen molar-refractivity contribution in [3.05, 3.63) is 59.7 Å². The Morgan fingerprint density at radius 1 is 1.11 bits per heavy atom. The number of carbonyl (C=O) groups excluding carboxylic acids is 3. The van der Waals surface area contributed by atoms with E-state index in [-0.39, 0.29) is 30.6 Å². The number of benzene rings is 2. The lowest BCUT2D eigenvalue weighted by molar-refractivity contribution is -0.121. The number of ether oxygens (including phenoxy) is 1. The molecule has 1 heterocycles. The molecular formula is C21H23N3O4. The van der Waals surface area contributed by atoms with Gasteiger partial charge in [0.2, 0.25) is 11.8 Å². The van der Waals surface area contributed by atoms with E-state index in [1.165, 1.54) is 0 Å². The summed E-state index contributed by atoms with van der Waals surface area (Å²) in [4.78, 5) is 36.7. The van der Waals surface area contributed by atoms with Crippen LogP contribution in [0.1, 0.15) is 28.8 Å². The van der Waals surface area contributed by atoms with E-state index in [2.05, 4.69) is 16.0 Å². The molecule has 1 aliphatic rings. The van der Waals surface area contributed by atoms with E-state index in [9.17, 15) is 14.4 Å². The van der Waals surface area contributed by atoms with Crippen LogP contribution in [0.5, 0.6) is 5.75 Å². The molecule has 0 spiro atoms. The van der Waals surface area contributed by atoms with Crippen LogP contribution in [0.2, 0.25) is 0 Å². The number of rotatable bonds is 7. The molecule has 3 rings (SSSR count). The summed E-state index contributed by atoms with van der Waals surface area (Å²) in [6.45, 7) is 0.466. The molecule has 2 aromatic carbocycles. The maximum atomic E-state index is 12.3. The van der Waals surface area contributed by atoms with E-state index in [0.29, 0.717) is 24.2 Å². The number of anilines is 1. The Balaban J connectivity index is 1.48. The first kappa shape index (κ1) is 19.4. The minimum atomic E-state index is -0.750. The molecule has 0 radical (unpaired) electrons. The highest BCUT2D eigenvalue weighted by Crippen LogP contribution is 2.19. The van der Waals surface area contributed by atoms with Gasteiger partial charge in [0.1, 0.15) is 11.8 Å². The highest BCUT2D eigenvalue weighted by molar-refractivity contribution is 6.09. The molecule has 0 saturated carbocycles. The van der Waals surface area contributed by atoms with Crippen molar-refractivity contribution in [3.8, 4) is 5.75 Å². The van der Waals surface area contributed by atoms with E-state index in [1.807, 2.05) is 24.3 Å². The first-order chi connectivity index (χ1) is 13.6. The molecule has 7 nitrogen and oxygen atoms in total. The second kappa shape index (κ2) is 9.03. The van der Waals surface area contributed by atoms with E-state index >= 15 is 0 Å². The molecule has 0 aliphatic carbocycles. The van der Waals surface area contributed by atoms with Crippen molar-refractivity contribution in [2.75, 3.05) is 19.0 Å². The first-order valence-electron chi connectivity index (χ1n) is 9.18. The third-order valence-corrected chi connectivity index (χ3v) is 4.62. The average molecular weight is 381 g/mol. The summed E-state index contributed by atoms with van der Waals surface area (Å²) in [7, 11) is 1.61. The van der Waals surface area contributed by atoms with Gasteiger partial charge in [0.05, 0.1) is 18.4 Å². The number of hydrogen-bond acceptors (Lipinski definition) is 4. The van der Waals surface area contributed by atoms with Gasteiger partial charge in [-0.3, -0.25) is 14.4 Å². The first-order valence-corrected chi connectivity index (χ1v) is 9.18. The SMILES string of the molecule is COc1ccccc1CCNC(=O)CC[C@@H]1NC(=O)c2ccccc2NC1=O. The van der Waals surface area contributed by atoms with Crippen LogP contribution >= 0.6 is 0 Å².